The second-order valence-electron chi connectivity index (χ2n) is 6.25. The maximum Gasteiger partial charge on any atom is 0.119 e. The van der Waals surface area contributed by atoms with E-state index in [0.717, 1.165) is 18.3 Å². The molecule has 0 bridgehead atoms. The van der Waals surface area contributed by atoms with Crippen molar-refractivity contribution in [3.05, 3.63) is 54.6 Å². The maximum atomic E-state index is 5.91. The molecule has 2 aromatic rings. The second-order valence-corrected chi connectivity index (χ2v) is 6.25. The van der Waals surface area contributed by atoms with E-state index < -0.39 is 0 Å². The molecule has 0 radical (unpaired) electrons. The molecule has 4 rings (SSSR count). The third-order valence-electron chi connectivity index (χ3n) is 4.42. The molecular weight excluding hydrogens is 258 g/mol. The molecule has 0 amide bonds. The number of ether oxygens (including phenoxy) is 1. The van der Waals surface area contributed by atoms with Crippen molar-refractivity contribution in [2.75, 3.05) is 19.7 Å². The van der Waals surface area contributed by atoms with Crippen molar-refractivity contribution in [3.63, 3.8) is 0 Å². The van der Waals surface area contributed by atoms with Crippen LogP contribution in [0.4, 0.5) is 0 Å². The molecule has 2 nitrogen and oxygen atoms in total. The van der Waals surface area contributed by atoms with Gasteiger partial charge < -0.3 is 4.74 Å². The molecule has 2 aromatic carbocycles. The molecule has 1 aliphatic heterocycles. The predicted octanol–water partition coefficient (Wildman–Crippen LogP) is 3.83. The van der Waals surface area contributed by atoms with E-state index in [1.54, 1.807) is 0 Å². The van der Waals surface area contributed by atoms with Gasteiger partial charge in [-0.3, -0.25) is 4.90 Å². The van der Waals surface area contributed by atoms with Crippen LogP contribution in [-0.4, -0.2) is 30.6 Å². The largest absolute Gasteiger partial charge is 0.492 e. The minimum Gasteiger partial charge on any atom is -0.492 e. The zero-order valence-corrected chi connectivity index (χ0v) is 12.2. The van der Waals surface area contributed by atoms with Gasteiger partial charge in [-0.1, -0.05) is 42.5 Å². The van der Waals surface area contributed by atoms with Crippen molar-refractivity contribution in [1.29, 1.82) is 0 Å². The van der Waals surface area contributed by atoms with Crippen molar-refractivity contribution < 1.29 is 4.74 Å². The Morgan fingerprint density at radius 1 is 0.905 bits per heavy atom. The molecule has 0 N–H and O–H groups in total. The summed E-state index contributed by atoms with van der Waals surface area (Å²) in [6.45, 7) is 3.34. The van der Waals surface area contributed by atoms with Crippen molar-refractivity contribution in [2.45, 2.75) is 18.9 Å². The first kappa shape index (κ1) is 12.9. The van der Waals surface area contributed by atoms with Gasteiger partial charge in [0.2, 0.25) is 0 Å². The van der Waals surface area contributed by atoms with Crippen LogP contribution in [0.25, 0.3) is 11.1 Å². The summed E-state index contributed by atoms with van der Waals surface area (Å²) >= 11 is 0. The van der Waals surface area contributed by atoms with E-state index in [-0.39, 0.29) is 0 Å². The summed E-state index contributed by atoms with van der Waals surface area (Å²) in [6, 6.07) is 19.5. The van der Waals surface area contributed by atoms with Gasteiger partial charge in [-0.2, -0.15) is 0 Å². The summed E-state index contributed by atoms with van der Waals surface area (Å²) < 4.78 is 5.91. The van der Waals surface area contributed by atoms with Crippen LogP contribution in [-0.2, 0) is 0 Å². The molecule has 21 heavy (non-hydrogen) atoms. The molecule has 2 heteroatoms. The minimum atomic E-state index is 0.652. The Bertz CT molecular complexity index is 589. The Labute approximate surface area is 126 Å². The topological polar surface area (TPSA) is 12.2 Å². The van der Waals surface area contributed by atoms with E-state index in [9.17, 15) is 0 Å². The zero-order valence-electron chi connectivity index (χ0n) is 12.2. The van der Waals surface area contributed by atoms with Crippen LogP contribution < -0.4 is 4.74 Å². The normalized spacial score (nSPS) is 23.8. The molecule has 2 unspecified atom stereocenters. The van der Waals surface area contributed by atoms with E-state index in [0.29, 0.717) is 6.04 Å². The third-order valence-corrected chi connectivity index (χ3v) is 4.42. The van der Waals surface area contributed by atoms with Crippen LogP contribution >= 0.6 is 0 Å². The van der Waals surface area contributed by atoms with Gasteiger partial charge in [0.05, 0.1) is 6.04 Å². The van der Waals surface area contributed by atoms with Crippen LogP contribution in [0.5, 0.6) is 5.75 Å². The number of hydrogen-bond acceptors (Lipinski definition) is 2. The Morgan fingerprint density at radius 3 is 2.33 bits per heavy atom. The number of benzene rings is 2. The van der Waals surface area contributed by atoms with E-state index >= 15 is 0 Å². The average Bonchev–Trinajstić information content (AvgIpc) is 3.46. The molecule has 0 aromatic heterocycles. The van der Waals surface area contributed by atoms with Crippen molar-refractivity contribution in [3.8, 4) is 16.9 Å². The summed E-state index contributed by atoms with van der Waals surface area (Å²) in [5.74, 6) is 1.97. The number of nitrogens with zero attached hydrogens (tertiary/aromatic N) is 1. The average molecular weight is 279 g/mol. The highest BCUT2D eigenvalue weighted by Crippen LogP contribution is 2.33. The molecule has 2 fully saturated rings. The van der Waals surface area contributed by atoms with Crippen LogP contribution in [0.15, 0.2) is 54.6 Å². The first-order valence-electron chi connectivity index (χ1n) is 7.91. The number of rotatable bonds is 6. The highest BCUT2D eigenvalue weighted by Gasteiger charge is 2.38. The number of hydrogen-bond donors (Lipinski definition) is 0. The van der Waals surface area contributed by atoms with Crippen molar-refractivity contribution >= 4 is 0 Å². The smallest absolute Gasteiger partial charge is 0.119 e. The molecule has 2 aliphatic rings. The van der Waals surface area contributed by atoms with E-state index in [1.165, 1.54) is 37.1 Å². The van der Waals surface area contributed by atoms with E-state index in [1.807, 2.05) is 6.07 Å². The van der Waals surface area contributed by atoms with Crippen LogP contribution in [0.2, 0.25) is 0 Å². The van der Waals surface area contributed by atoms with Crippen molar-refractivity contribution in [2.24, 2.45) is 5.92 Å². The lowest BCUT2D eigenvalue weighted by Crippen LogP contribution is -2.12. The molecule has 1 aliphatic carbocycles. The molecule has 0 spiro atoms. The monoisotopic (exact) mass is 279 g/mol. The maximum absolute atomic E-state index is 5.91. The fourth-order valence-corrected chi connectivity index (χ4v) is 2.80. The first-order valence-corrected chi connectivity index (χ1v) is 7.91. The standard InChI is InChI=1S/C19H21NO/c1-2-4-16(5-3-1)17-8-10-19(11-9-17)21-14-18-13-20(18)12-15-6-7-15/h1-5,8-11,15,18H,6-7,12-14H2. The third kappa shape index (κ3) is 3.27. The summed E-state index contributed by atoms with van der Waals surface area (Å²) in [5.41, 5.74) is 2.49. The Hall–Kier alpha value is -1.80. The van der Waals surface area contributed by atoms with Gasteiger partial charge in [-0.05, 0) is 42.0 Å². The van der Waals surface area contributed by atoms with E-state index in [4.69, 9.17) is 4.74 Å². The molecule has 2 atom stereocenters. The Balaban J connectivity index is 1.30. The van der Waals surface area contributed by atoms with Gasteiger partial charge in [0.1, 0.15) is 12.4 Å². The fourth-order valence-electron chi connectivity index (χ4n) is 2.80. The molecule has 1 saturated carbocycles. The van der Waals surface area contributed by atoms with Crippen LogP contribution in [0.1, 0.15) is 12.8 Å². The first-order chi connectivity index (χ1) is 10.4. The van der Waals surface area contributed by atoms with Gasteiger partial charge in [0.15, 0.2) is 0 Å². The van der Waals surface area contributed by atoms with Crippen molar-refractivity contribution in [1.82, 2.24) is 4.90 Å². The highest BCUT2D eigenvalue weighted by molar-refractivity contribution is 5.63. The Morgan fingerprint density at radius 2 is 1.62 bits per heavy atom. The molecule has 1 heterocycles. The SMILES string of the molecule is c1ccc(-c2ccc(OCC3CN3CC3CC3)cc2)cc1. The second kappa shape index (κ2) is 5.53. The lowest BCUT2D eigenvalue weighted by molar-refractivity contribution is 0.292. The van der Waals surface area contributed by atoms with Gasteiger partial charge in [0, 0.05) is 13.1 Å². The lowest BCUT2D eigenvalue weighted by Gasteiger charge is -2.08. The summed E-state index contributed by atoms with van der Waals surface area (Å²) in [5, 5.41) is 0. The fraction of sp³-hybridized carbons (Fsp3) is 0.368. The van der Waals surface area contributed by atoms with Gasteiger partial charge >= 0.3 is 0 Å². The van der Waals surface area contributed by atoms with Crippen LogP contribution in [0, 0.1) is 5.92 Å². The predicted molar refractivity (Wildman–Crippen MR) is 85.5 cm³/mol. The van der Waals surface area contributed by atoms with Gasteiger partial charge in [-0.15, -0.1) is 0 Å². The summed E-state index contributed by atoms with van der Waals surface area (Å²) in [6.07, 6.45) is 2.87. The zero-order chi connectivity index (χ0) is 14.1. The quantitative estimate of drug-likeness (QED) is 0.745. The lowest BCUT2D eigenvalue weighted by atomic mass is 10.1. The summed E-state index contributed by atoms with van der Waals surface area (Å²) in [4.78, 5) is 2.54. The summed E-state index contributed by atoms with van der Waals surface area (Å²) in [7, 11) is 0. The van der Waals surface area contributed by atoms with E-state index in [2.05, 4.69) is 53.4 Å². The molecular formula is C19H21NO. The molecule has 1 saturated heterocycles. The van der Waals surface area contributed by atoms with Crippen LogP contribution in [0.3, 0.4) is 0 Å². The van der Waals surface area contributed by atoms with Gasteiger partial charge in [0.25, 0.3) is 0 Å². The molecule has 108 valence electrons. The highest BCUT2D eigenvalue weighted by atomic mass is 16.5. The van der Waals surface area contributed by atoms with Gasteiger partial charge in [-0.25, -0.2) is 0 Å². The minimum absolute atomic E-state index is 0.652. The Kier molecular flexibility index (Phi) is 3.40.